The Labute approximate surface area is 147 Å². The number of amides is 3. The molecule has 0 aliphatic carbocycles. The van der Waals surface area contributed by atoms with Crippen LogP contribution in [0, 0.1) is 0 Å². The van der Waals surface area contributed by atoms with Crippen molar-refractivity contribution in [2.24, 2.45) is 0 Å². The molecule has 0 aromatic heterocycles. The van der Waals surface area contributed by atoms with Gasteiger partial charge in [0.05, 0.1) is 12.2 Å². The average molecular weight is 341 g/mol. The van der Waals surface area contributed by atoms with Crippen molar-refractivity contribution in [2.45, 2.75) is 26.8 Å². The van der Waals surface area contributed by atoms with Gasteiger partial charge >= 0.3 is 6.03 Å². The molecule has 0 bridgehead atoms. The molecule has 6 nitrogen and oxygen atoms in total. The Bertz CT molecular complexity index is 727. The van der Waals surface area contributed by atoms with Crippen molar-refractivity contribution < 1.29 is 14.3 Å². The molecule has 0 unspecified atom stereocenters. The SMILES string of the molecule is CCOc1ccccc1C(=O)Nc1ccc(NC(=O)NC(C)C)cc1. The molecule has 0 aliphatic heterocycles. The summed E-state index contributed by atoms with van der Waals surface area (Å²) < 4.78 is 5.48. The minimum atomic E-state index is -0.266. The lowest BCUT2D eigenvalue weighted by Gasteiger charge is -2.12. The monoisotopic (exact) mass is 341 g/mol. The zero-order valence-corrected chi connectivity index (χ0v) is 14.6. The normalized spacial score (nSPS) is 10.2. The number of ether oxygens (including phenoxy) is 1. The van der Waals surface area contributed by atoms with E-state index in [0.29, 0.717) is 29.3 Å². The lowest BCUT2D eigenvalue weighted by atomic mass is 10.2. The van der Waals surface area contributed by atoms with Crippen molar-refractivity contribution in [3.05, 3.63) is 54.1 Å². The van der Waals surface area contributed by atoms with Crippen molar-refractivity contribution in [1.82, 2.24) is 5.32 Å². The van der Waals surface area contributed by atoms with Gasteiger partial charge in [-0.25, -0.2) is 4.79 Å². The summed E-state index contributed by atoms with van der Waals surface area (Å²) in [7, 11) is 0. The lowest BCUT2D eigenvalue weighted by molar-refractivity contribution is 0.102. The number of carbonyl (C=O) groups is 2. The van der Waals surface area contributed by atoms with Crippen molar-refractivity contribution in [1.29, 1.82) is 0 Å². The predicted octanol–water partition coefficient (Wildman–Crippen LogP) is 3.87. The van der Waals surface area contributed by atoms with Gasteiger partial charge in [0.25, 0.3) is 5.91 Å². The standard InChI is InChI=1S/C19H23N3O3/c1-4-25-17-8-6-5-7-16(17)18(23)21-14-9-11-15(12-10-14)22-19(24)20-13(2)3/h5-13H,4H2,1-3H3,(H,21,23)(H2,20,22,24). The second-order valence-corrected chi connectivity index (χ2v) is 5.71. The molecule has 2 rings (SSSR count). The van der Waals surface area contributed by atoms with Crippen LogP contribution in [0.2, 0.25) is 0 Å². The first-order valence-corrected chi connectivity index (χ1v) is 8.20. The summed E-state index contributed by atoms with van der Waals surface area (Å²) in [5.41, 5.74) is 1.75. The van der Waals surface area contributed by atoms with Gasteiger partial charge in [0, 0.05) is 17.4 Å². The minimum absolute atomic E-state index is 0.0592. The van der Waals surface area contributed by atoms with Gasteiger partial charge in [0.2, 0.25) is 0 Å². The minimum Gasteiger partial charge on any atom is -0.493 e. The Morgan fingerprint density at radius 1 is 0.960 bits per heavy atom. The quantitative estimate of drug-likeness (QED) is 0.746. The van der Waals surface area contributed by atoms with E-state index in [4.69, 9.17) is 4.74 Å². The number of rotatable bonds is 6. The fourth-order valence-corrected chi connectivity index (χ4v) is 2.20. The van der Waals surface area contributed by atoms with Crippen LogP contribution in [0.1, 0.15) is 31.1 Å². The predicted molar refractivity (Wildman–Crippen MR) is 99.3 cm³/mol. The summed E-state index contributed by atoms with van der Waals surface area (Å²) in [5.74, 6) is 0.299. The van der Waals surface area contributed by atoms with E-state index in [1.807, 2.05) is 26.8 Å². The number of benzene rings is 2. The molecule has 0 saturated heterocycles. The topological polar surface area (TPSA) is 79.5 Å². The van der Waals surface area contributed by atoms with Gasteiger partial charge in [-0.1, -0.05) is 12.1 Å². The smallest absolute Gasteiger partial charge is 0.319 e. The summed E-state index contributed by atoms with van der Waals surface area (Å²) in [6.07, 6.45) is 0. The largest absolute Gasteiger partial charge is 0.493 e. The van der Waals surface area contributed by atoms with Gasteiger partial charge < -0.3 is 20.7 Å². The molecule has 0 aliphatic rings. The Kier molecular flexibility index (Phi) is 6.39. The van der Waals surface area contributed by atoms with Gasteiger partial charge in [0.15, 0.2) is 0 Å². The van der Waals surface area contributed by atoms with E-state index in [1.165, 1.54) is 0 Å². The zero-order valence-electron chi connectivity index (χ0n) is 14.6. The van der Waals surface area contributed by atoms with Crippen molar-refractivity contribution in [3.8, 4) is 5.75 Å². The molecule has 3 N–H and O–H groups in total. The summed E-state index contributed by atoms with van der Waals surface area (Å²) in [6.45, 7) is 6.13. The fourth-order valence-electron chi connectivity index (χ4n) is 2.20. The van der Waals surface area contributed by atoms with E-state index in [9.17, 15) is 9.59 Å². The number of carbonyl (C=O) groups excluding carboxylic acids is 2. The van der Waals surface area contributed by atoms with Crippen molar-refractivity contribution in [3.63, 3.8) is 0 Å². The molecule has 0 heterocycles. The Morgan fingerprint density at radius 3 is 2.16 bits per heavy atom. The maximum Gasteiger partial charge on any atom is 0.319 e. The molecule has 6 heteroatoms. The first-order valence-electron chi connectivity index (χ1n) is 8.20. The summed E-state index contributed by atoms with van der Waals surface area (Å²) in [5, 5.41) is 8.30. The number of anilines is 2. The molecule has 0 saturated carbocycles. The molecule has 2 aromatic carbocycles. The number of nitrogens with one attached hydrogen (secondary N) is 3. The zero-order chi connectivity index (χ0) is 18.2. The van der Waals surface area contributed by atoms with Crippen LogP contribution < -0.4 is 20.7 Å². The summed E-state index contributed by atoms with van der Waals surface area (Å²) in [4.78, 5) is 24.1. The Hall–Kier alpha value is -3.02. The second-order valence-electron chi connectivity index (χ2n) is 5.71. The van der Waals surface area contributed by atoms with Gasteiger partial charge in [-0.05, 0) is 57.2 Å². The molecule has 3 amide bonds. The highest BCUT2D eigenvalue weighted by molar-refractivity contribution is 6.06. The number of hydrogen-bond acceptors (Lipinski definition) is 3. The van der Waals surface area contributed by atoms with Crippen molar-refractivity contribution >= 4 is 23.3 Å². The number of urea groups is 1. The van der Waals surface area contributed by atoms with Crippen LogP contribution >= 0.6 is 0 Å². The molecule has 0 radical (unpaired) electrons. The fraction of sp³-hybridized carbons (Fsp3) is 0.263. The lowest BCUT2D eigenvalue weighted by Crippen LogP contribution is -2.34. The van der Waals surface area contributed by atoms with E-state index in [0.717, 1.165) is 0 Å². The molecule has 25 heavy (non-hydrogen) atoms. The van der Waals surface area contributed by atoms with Crippen LogP contribution in [0.3, 0.4) is 0 Å². The summed E-state index contributed by atoms with van der Waals surface area (Å²) in [6, 6.07) is 13.8. The van der Waals surface area contributed by atoms with Gasteiger partial charge in [-0.15, -0.1) is 0 Å². The van der Waals surface area contributed by atoms with Crippen LogP contribution in [-0.2, 0) is 0 Å². The van der Waals surface area contributed by atoms with Gasteiger partial charge in [-0.2, -0.15) is 0 Å². The maximum absolute atomic E-state index is 12.4. The van der Waals surface area contributed by atoms with Crippen molar-refractivity contribution in [2.75, 3.05) is 17.2 Å². The van der Waals surface area contributed by atoms with E-state index in [1.54, 1.807) is 42.5 Å². The van der Waals surface area contributed by atoms with Crippen LogP contribution in [-0.4, -0.2) is 24.6 Å². The maximum atomic E-state index is 12.4. The van der Waals surface area contributed by atoms with Crippen LogP contribution in [0.5, 0.6) is 5.75 Å². The molecule has 0 spiro atoms. The van der Waals surface area contributed by atoms with E-state index in [-0.39, 0.29) is 18.0 Å². The second kappa shape index (κ2) is 8.73. The first-order chi connectivity index (χ1) is 12.0. The molecule has 0 atom stereocenters. The van der Waals surface area contributed by atoms with Crippen LogP contribution in [0.15, 0.2) is 48.5 Å². The highest BCUT2D eigenvalue weighted by Gasteiger charge is 2.12. The van der Waals surface area contributed by atoms with Gasteiger partial charge in [-0.3, -0.25) is 4.79 Å². The molecular weight excluding hydrogens is 318 g/mol. The molecule has 132 valence electrons. The highest BCUT2D eigenvalue weighted by Crippen LogP contribution is 2.20. The highest BCUT2D eigenvalue weighted by atomic mass is 16.5. The summed E-state index contributed by atoms with van der Waals surface area (Å²) >= 11 is 0. The Balaban J connectivity index is 2.01. The van der Waals surface area contributed by atoms with E-state index >= 15 is 0 Å². The van der Waals surface area contributed by atoms with Gasteiger partial charge in [0.1, 0.15) is 5.75 Å². The molecule has 0 fully saturated rings. The van der Waals surface area contributed by atoms with Crippen LogP contribution in [0.25, 0.3) is 0 Å². The first kappa shape index (κ1) is 18.3. The third kappa shape index (κ3) is 5.53. The average Bonchev–Trinajstić information content (AvgIpc) is 2.56. The third-order valence-corrected chi connectivity index (χ3v) is 3.25. The number of para-hydroxylation sites is 1. The molecule has 2 aromatic rings. The van der Waals surface area contributed by atoms with E-state index < -0.39 is 0 Å². The van der Waals surface area contributed by atoms with E-state index in [2.05, 4.69) is 16.0 Å². The van der Waals surface area contributed by atoms with Crippen LogP contribution in [0.4, 0.5) is 16.2 Å². The Morgan fingerprint density at radius 2 is 1.56 bits per heavy atom. The third-order valence-electron chi connectivity index (χ3n) is 3.25. The molecular formula is C19H23N3O3. The number of hydrogen-bond donors (Lipinski definition) is 3.